The topological polar surface area (TPSA) is 68.5 Å². The van der Waals surface area contributed by atoms with Crippen LogP contribution in [0.2, 0.25) is 0 Å². The number of nitrogens with one attached hydrogen (secondary N) is 1. The molecule has 2 aromatic carbocycles. The Morgan fingerprint density at radius 1 is 1.12 bits per heavy atom. The van der Waals surface area contributed by atoms with Gasteiger partial charge >= 0.3 is 5.63 Å². The van der Waals surface area contributed by atoms with Gasteiger partial charge in [0, 0.05) is 23.2 Å². The molecule has 3 rings (SSSR count). The van der Waals surface area contributed by atoms with Crippen molar-refractivity contribution in [3.63, 3.8) is 0 Å². The van der Waals surface area contributed by atoms with Gasteiger partial charge in [-0.15, -0.1) is 0 Å². The van der Waals surface area contributed by atoms with Gasteiger partial charge in [-0.2, -0.15) is 0 Å². The first-order valence-electron chi connectivity index (χ1n) is 8.08. The maximum Gasteiger partial charge on any atom is 0.336 e. The van der Waals surface area contributed by atoms with Crippen molar-refractivity contribution in [1.82, 2.24) is 0 Å². The molecule has 0 saturated carbocycles. The second-order valence-corrected chi connectivity index (χ2v) is 6.07. The molecular weight excluding hydrogens is 318 g/mol. The number of hydrogen-bond acceptors (Lipinski definition) is 4. The van der Waals surface area contributed by atoms with Crippen molar-refractivity contribution in [2.24, 2.45) is 0 Å². The van der Waals surface area contributed by atoms with E-state index in [4.69, 9.17) is 9.15 Å². The van der Waals surface area contributed by atoms with Gasteiger partial charge in [0.2, 0.25) is 0 Å². The Kier molecular flexibility index (Phi) is 4.84. The zero-order valence-electron chi connectivity index (χ0n) is 14.1. The van der Waals surface area contributed by atoms with Gasteiger partial charge in [-0.05, 0) is 41.8 Å². The predicted octanol–water partition coefficient (Wildman–Crippen LogP) is 3.93. The van der Waals surface area contributed by atoms with Crippen LogP contribution in [0.3, 0.4) is 0 Å². The van der Waals surface area contributed by atoms with Gasteiger partial charge in [0.05, 0.1) is 0 Å². The molecule has 0 unspecified atom stereocenters. The Balaban J connectivity index is 1.64. The molecule has 25 heavy (non-hydrogen) atoms. The van der Waals surface area contributed by atoms with Crippen molar-refractivity contribution in [2.45, 2.75) is 19.8 Å². The van der Waals surface area contributed by atoms with Gasteiger partial charge in [-0.1, -0.05) is 26.0 Å². The third-order valence-electron chi connectivity index (χ3n) is 3.80. The highest BCUT2D eigenvalue weighted by Gasteiger charge is 2.07. The Morgan fingerprint density at radius 3 is 2.72 bits per heavy atom. The number of benzene rings is 2. The van der Waals surface area contributed by atoms with Crippen molar-refractivity contribution in [3.05, 3.63) is 70.6 Å². The normalized spacial score (nSPS) is 10.8. The highest BCUT2D eigenvalue weighted by molar-refractivity contribution is 5.92. The molecule has 0 aliphatic carbocycles. The number of rotatable bonds is 5. The van der Waals surface area contributed by atoms with Crippen LogP contribution in [-0.2, 0) is 4.79 Å². The van der Waals surface area contributed by atoms with Crippen LogP contribution in [0, 0.1) is 0 Å². The van der Waals surface area contributed by atoms with E-state index in [9.17, 15) is 9.59 Å². The van der Waals surface area contributed by atoms with Crippen LogP contribution in [0.25, 0.3) is 11.0 Å². The number of fused-ring (bicyclic) bond motifs is 1. The highest BCUT2D eigenvalue weighted by atomic mass is 16.5. The van der Waals surface area contributed by atoms with E-state index >= 15 is 0 Å². The molecular formula is C20H19NO4. The summed E-state index contributed by atoms with van der Waals surface area (Å²) in [7, 11) is 0. The van der Waals surface area contributed by atoms with Crippen molar-refractivity contribution in [1.29, 1.82) is 0 Å². The monoisotopic (exact) mass is 337 g/mol. The van der Waals surface area contributed by atoms with Crippen molar-refractivity contribution < 1.29 is 13.9 Å². The van der Waals surface area contributed by atoms with E-state index in [2.05, 4.69) is 19.2 Å². The van der Waals surface area contributed by atoms with Gasteiger partial charge in [-0.3, -0.25) is 4.79 Å². The molecule has 1 aromatic heterocycles. The van der Waals surface area contributed by atoms with Crippen LogP contribution < -0.4 is 15.7 Å². The minimum atomic E-state index is -0.424. The van der Waals surface area contributed by atoms with E-state index in [1.165, 1.54) is 6.07 Å². The molecule has 0 spiro atoms. The van der Waals surface area contributed by atoms with E-state index in [-0.39, 0.29) is 12.5 Å². The second-order valence-electron chi connectivity index (χ2n) is 6.07. The van der Waals surface area contributed by atoms with Crippen molar-refractivity contribution in [3.8, 4) is 5.75 Å². The number of ether oxygens (including phenoxy) is 1. The summed E-state index contributed by atoms with van der Waals surface area (Å²) in [4.78, 5) is 23.3. The molecule has 1 N–H and O–H groups in total. The molecule has 1 amide bonds. The van der Waals surface area contributed by atoms with Gasteiger partial charge in [0.1, 0.15) is 11.3 Å². The molecule has 0 saturated heterocycles. The molecule has 0 fully saturated rings. The summed E-state index contributed by atoms with van der Waals surface area (Å²) in [5.74, 6) is 0.601. The summed E-state index contributed by atoms with van der Waals surface area (Å²) in [5, 5.41) is 3.61. The number of carbonyl (C=O) groups is 1. The molecule has 1 heterocycles. The lowest BCUT2D eigenvalue weighted by Gasteiger charge is -2.10. The van der Waals surface area contributed by atoms with Crippen LogP contribution in [0.4, 0.5) is 5.69 Å². The van der Waals surface area contributed by atoms with Crippen LogP contribution >= 0.6 is 0 Å². The number of anilines is 1. The van der Waals surface area contributed by atoms with Gasteiger partial charge in [-0.25, -0.2) is 4.79 Å². The van der Waals surface area contributed by atoms with Crippen molar-refractivity contribution >= 4 is 22.6 Å². The zero-order valence-corrected chi connectivity index (χ0v) is 14.1. The lowest BCUT2D eigenvalue weighted by molar-refractivity contribution is -0.118. The number of hydrogen-bond donors (Lipinski definition) is 1. The molecule has 0 radical (unpaired) electrons. The zero-order chi connectivity index (χ0) is 17.8. The lowest BCUT2D eigenvalue weighted by Crippen LogP contribution is -2.20. The maximum atomic E-state index is 12.1. The summed E-state index contributed by atoms with van der Waals surface area (Å²) in [6.07, 6.45) is 0. The lowest BCUT2D eigenvalue weighted by atomic mass is 10.0. The van der Waals surface area contributed by atoms with E-state index in [1.54, 1.807) is 24.3 Å². The molecule has 5 heteroatoms. The minimum Gasteiger partial charge on any atom is -0.484 e. The highest BCUT2D eigenvalue weighted by Crippen LogP contribution is 2.20. The van der Waals surface area contributed by atoms with Gasteiger partial charge < -0.3 is 14.5 Å². The first-order chi connectivity index (χ1) is 12.0. The average molecular weight is 337 g/mol. The summed E-state index contributed by atoms with van der Waals surface area (Å²) in [6.45, 7) is 4.07. The van der Waals surface area contributed by atoms with E-state index < -0.39 is 5.63 Å². The first kappa shape index (κ1) is 16.8. The van der Waals surface area contributed by atoms with Gasteiger partial charge in [0.25, 0.3) is 5.91 Å². The molecule has 0 aliphatic rings. The third-order valence-corrected chi connectivity index (χ3v) is 3.80. The van der Waals surface area contributed by atoms with E-state index in [0.717, 1.165) is 16.6 Å². The smallest absolute Gasteiger partial charge is 0.336 e. The summed E-state index contributed by atoms with van der Waals surface area (Å²) >= 11 is 0. The van der Waals surface area contributed by atoms with Gasteiger partial charge in [0.15, 0.2) is 6.61 Å². The Morgan fingerprint density at radius 2 is 1.92 bits per heavy atom. The second kappa shape index (κ2) is 7.21. The quantitative estimate of drug-likeness (QED) is 0.716. The third kappa shape index (κ3) is 4.26. The first-order valence-corrected chi connectivity index (χ1v) is 8.08. The Bertz CT molecular complexity index is 959. The fourth-order valence-electron chi connectivity index (χ4n) is 2.45. The van der Waals surface area contributed by atoms with E-state index in [0.29, 0.717) is 17.3 Å². The Hall–Kier alpha value is -3.08. The molecule has 3 aromatic rings. The molecule has 0 bridgehead atoms. The summed E-state index contributed by atoms with van der Waals surface area (Å²) in [5.41, 5.74) is 1.90. The summed E-state index contributed by atoms with van der Waals surface area (Å²) in [6, 6.07) is 15.9. The number of amides is 1. The molecule has 0 atom stereocenters. The van der Waals surface area contributed by atoms with E-state index in [1.807, 2.05) is 24.3 Å². The fraction of sp³-hybridized carbons (Fsp3) is 0.200. The standard InChI is InChI=1S/C20H19NO4/c1-13(2)15-4-3-5-16(10-15)21-19(22)12-24-17-8-6-14-7-9-20(23)25-18(14)11-17/h3-11,13H,12H2,1-2H3,(H,21,22). The predicted molar refractivity (Wildman–Crippen MR) is 97.1 cm³/mol. The minimum absolute atomic E-state index is 0.130. The number of carbonyl (C=O) groups excluding carboxylic acids is 1. The maximum absolute atomic E-state index is 12.1. The summed E-state index contributed by atoms with van der Waals surface area (Å²) < 4.78 is 10.6. The molecule has 5 nitrogen and oxygen atoms in total. The fourth-order valence-corrected chi connectivity index (χ4v) is 2.45. The van der Waals surface area contributed by atoms with Crippen LogP contribution in [-0.4, -0.2) is 12.5 Å². The van der Waals surface area contributed by atoms with Crippen LogP contribution in [0.5, 0.6) is 5.75 Å². The average Bonchev–Trinajstić information content (AvgIpc) is 2.59. The SMILES string of the molecule is CC(C)c1cccc(NC(=O)COc2ccc3ccc(=O)oc3c2)c1. The largest absolute Gasteiger partial charge is 0.484 e. The van der Waals surface area contributed by atoms with Crippen molar-refractivity contribution in [2.75, 3.05) is 11.9 Å². The Labute approximate surface area is 145 Å². The van der Waals surface area contributed by atoms with Crippen LogP contribution in [0.1, 0.15) is 25.3 Å². The van der Waals surface area contributed by atoms with Crippen LogP contribution in [0.15, 0.2) is 63.8 Å². The molecule has 0 aliphatic heterocycles. The molecule has 128 valence electrons.